The summed E-state index contributed by atoms with van der Waals surface area (Å²) in [5, 5.41) is 0. The van der Waals surface area contributed by atoms with Crippen molar-refractivity contribution >= 4 is 15.9 Å². The van der Waals surface area contributed by atoms with E-state index in [1.54, 1.807) is 0 Å². The average molecular weight is 352 g/mol. The van der Waals surface area contributed by atoms with Crippen molar-refractivity contribution in [3.8, 4) is 0 Å². The molecule has 1 aromatic rings. The van der Waals surface area contributed by atoms with Gasteiger partial charge in [0.25, 0.3) is 0 Å². The fourth-order valence-electron chi connectivity index (χ4n) is 3.27. The summed E-state index contributed by atoms with van der Waals surface area (Å²) in [6.07, 6.45) is 1.54. The molecule has 1 amide bonds. The van der Waals surface area contributed by atoms with Crippen molar-refractivity contribution in [2.24, 2.45) is 5.92 Å². The summed E-state index contributed by atoms with van der Waals surface area (Å²) in [5.41, 5.74) is 0.790. The van der Waals surface area contributed by atoms with E-state index >= 15 is 0 Å². The highest BCUT2D eigenvalue weighted by atomic mass is 32.2. The highest BCUT2D eigenvalue weighted by molar-refractivity contribution is 7.88. The fraction of sp³-hybridized carbons (Fsp3) is 0.588. The van der Waals surface area contributed by atoms with Crippen molar-refractivity contribution in [3.63, 3.8) is 0 Å². The zero-order chi connectivity index (χ0) is 17.0. The second kappa shape index (κ2) is 7.63. The number of carbonyl (C=O) groups excluding carboxylic acids is 1. The second-order valence-corrected chi connectivity index (χ2v) is 8.32. The highest BCUT2D eigenvalue weighted by Gasteiger charge is 2.32. The van der Waals surface area contributed by atoms with Crippen molar-refractivity contribution in [3.05, 3.63) is 35.9 Å². The summed E-state index contributed by atoms with van der Waals surface area (Å²) in [7, 11) is -3.34. The minimum Gasteiger partial charge on any atom is -0.381 e. The third-order valence-electron chi connectivity index (χ3n) is 4.71. The molecular formula is C17H24N2O4S. The van der Waals surface area contributed by atoms with E-state index in [0.717, 1.165) is 18.4 Å². The van der Waals surface area contributed by atoms with Crippen LogP contribution in [0.25, 0.3) is 0 Å². The molecule has 0 radical (unpaired) electrons. The van der Waals surface area contributed by atoms with Gasteiger partial charge >= 0.3 is 0 Å². The maximum absolute atomic E-state index is 12.5. The number of amides is 1. The van der Waals surface area contributed by atoms with Crippen LogP contribution < -0.4 is 0 Å². The van der Waals surface area contributed by atoms with Crippen molar-refractivity contribution in [1.82, 2.24) is 9.21 Å². The molecule has 1 aromatic carbocycles. The van der Waals surface area contributed by atoms with Gasteiger partial charge in [0.2, 0.25) is 15.9 Å². The lowest BCUT2D eigenvalue weighted by Crippen LogP contribution is -2.52. The quantitative estimate of drug-likeness (QED) is 0.813. The molecule has 2 aliphatic rings. The molecule has 24 heavy (non-hydrogen) atoms. The molecule has 0 spiro atoms. The van der Waals surface area contributed by atoms with Gasteiger partial charge in [-0.1, -0.05) is 30.3 Å². The van der Waals surface area contributed by atoms with Gasteiger partial charge in [0.1, 0.15) is 0 Å². The summed E-state index contributed by atoms with van der Waals surface area (Å²) in [6, 6.07) is 9.20. The summed E-state index contributed by atoms with van der Waals surface area (Å²) < 4.78 is 31.9. The number of benzene rings is 1. The van der Waals surface area contributed by atoms with E-state index in [4.69, 9.17) is 4.74 Å². The number of carbonyl (C=O) groups is 1. The molecule has 6 nitrogen and oxygen atoms in total. The van der Waals surface area contributed by atoms with Gasteiger partial charge in [0.15, 0.2) is 0 Å². The molecule has 132 valence electrons. The number of ether oxygens (including phenoxy) is 1. The molecule has 0 N–H and O–H groups in total. The molecule has 7 heteroatoms. The van der Waals surface area contributed by atoms with Crippen LogP contribution in [-0.4, -0.2) is 62.9 Å². The lowest BCUT2D eigenvalue weighted by Gasteiger charge is -2.36. The Morgan fingerprint density at radius 3 is 2.29 bits per heavy atom. The van der Waals surface area contributed by atoms with Crippen LogP contribution in [0.3, 0.4) is 0 Å². The summed E-state index contributed by atoms with van der Waals surface area (Å²) in [6.45, 7) is 2.99. The second-order valence-electron chi connectivity index (χ2n) is 6.35. The van der Waals surface area contributed by atoms with Gasteiger partial charge in [-0.3, -0.25) is 4.79 Å². The minimum absolute atomic E-state index is 0.0156. The lowest BCUT2D eigenvalue weighted by molar-refractivity contribution is -0.139. The standard InChI is InChI=1S/C17H24N2O4S/c20-17(16-6-12-23-13-7-16)18-8-10-19(11-9-18)24(21,22)14-15-4-2-1-3-5-15/h1-5,16H,6-14H2. The molecule has 2 fully saturated rings. The Balaban J connectivity index is 1.55. The Labute approximate surface area is 143 Å². The fourth-order valence-corrected chi connectivity index (χ4v) is 4.78. The maximum Gasteiger partial charge on any atom is 0.225 e. The third-order valence-corrected chi connectivity index (χ3v) is 6.56. The lowest BCUT2D eigenvalue weighted by atomic mass is 9.98. The van der Waals surface area contributed by atoms with Crippen molar-refractivity contribution < 1.29 is 17.9 Å². The molecule has 0 unspecified atom stereocenters. The monoisotopic (exact) mass is 352 g/mol. The average Bonchev–Trinajstić information content (AvgIpc) is 2.62. The van der Waals surface area contributed by atoms with E-state index in [0.29, 0.717) is 39.4 Å². The first kappa shape index (κ1) is 17.4. The Kier molecular flexibility index (Phi) is 5.53. The van der Waals surface area contributed by atoms with Crippen LogP contribution in [0.2, 0.25) is 0 Å². The van der Waals surface area contributed by atoms with Crippen molar-refractivity contribution in [1.29, 1.82) is 0 Å². The number of rotatable bonds is 4. The summed E-state index contributed by atoms with van der Waals surface area (Å²) in [4.78, 5) is 14.3. The first-order chi connectivity index (χ1) is 11.6. The van der Waals surface area contributed by atoms with E-state index < -0.39 is 10.0 Å². The summed E-state index contributed by atoms with van der Waals surface area (Å²) in [5.74, 6) is 0.200. The van der Waals surface area contributed by atoms with E-state index in [1.165, 1.54) is 4.31 Å². The zero-order valence-corrected chi connectivity index (χ0v) is 14.6. The molecule has 0 bridgehead atoms. The topological polar surface area (TPSA) is 66.9 Å². The number of piperazine rings is 1. The van der Waals surface area contributed by atoms with Gasteiger partial charge in [-0.2, -0.15) is 4.31 Å². The van der Waals surface area contributed by atoms with Crippen LogP contribution in [0.5, 0.6) is 0 Å². The van der Waals surface area contributed by atoms with Crippen LogP contribution in [0.4, 0.5) is 0 Å². The predicted molar refractivity (Wildman–Crippen MR) is 90.8 cm³/mol. The first-order valence-electron chi connectivity index (χ1n) is 8.44. The van der Waals surface area contributed by atoms with Crippen molar-refractivity contribution in [2.75, 3.05) is 39.4 Å². The van der Waals surface area contributed by atoms with Gasteiger partial charge in [-0.05, 0) is 18.4 Å². The Hall–Kier alpha value is -1.44. The largest absolute Gasteiger partial charge is 0.381 e. The summed E-state index contributed by atoms with van der Waals surface area (Å²) >= 11 is 0. The molecule has 0 aliphatic carbocycles. The molecule has 2 heterocycles. The van der Waals surface area contributed by atoms with Gasteiger partial charge in [-0.25, -0.2) is 8.42 Å². The van der Waals surface area contributed by atoms with Gasteiger partial charge < -0.3 is 9.64 Å². The molecule has 2 aliphatic heterocycles. The molecule has 3 rings (SSSR count). The zero-order valence-electron chi connectivity index (χ0n) is 13.8. The van der Waals surface area contributed by atoms with E-state index in [1.807, 2.05) is 35.2 Å². The van der Waals surface area contributed by atoms with Crippen LogP contribution in [-0.2, 0) is 25.3 Å². The minimum atomic E-state index is -3.34. The smallest absolute Gasteiger partial charge is 0.225 e. The van der Waals surface area contributed by atoms with E-state index in [2.05, 4.69) is 0 Å². The van der Waals surface area contributed by atoms with Crippen LogP contribution in [0, 0.1) is 5.92 Å². The van der Waals surface area contributed by atoms with E-state index in [9.17, 15) is 13.2 Å². The highest BCUT2D eigenvalue weighted by Crippen LogP contribution is 2.20. The number of hydrogen-bond acceptors (Lipinski definition) is 4. The van der Waals surface area contributed by atoms with Crippen LogP contribution >= 0.6 is 0 Å². The van der Waals surface area contributed by atoms with Gasteiger partial charge in [0, 0.05) is 45.3 Å². The van der Waals surface area contributed by atoms with Gasteiger partial charge in [0.05, 0.1) is 5.75 Å². The maximum atomic E-state index is 12.5. The Morgan fingerprint density at radius 1 is 1.04 bits per heavy atom. The van der Waals surface area contributed by atoms with Crippen LogP contribution in [0.15, 0.2) is 30.3 Å². The predicted octanol–water partition coefficient (Wildman–Crippen LogP) is 1.09. The normalized spacial score (nSPS) is 20.9. The molecule has 0 aromatic heterocycles. The number of hydrogen-bond donors (Lipinski definition) is 0. The Morgan fingerprint density at radius 2 is 1.67 bits per heavy atom. The van der Waals surface area contributed by atoms with Crippen LogP contribution in [0.1, 0.15) is 18.4 Å². The molecule has 0 atom stereocenters. The third kappa shape index (κ3) is 4.15. The molecule has 2 saturated heterocycles. The number of nitrogens with zero attached hydrogens (tertiary/aromatic N) is 2. The first-order valence-corrected chi connectivity index (χ1v) is 10.1. The Bertz CT molecular complexity index is 648. The molecular weight excluding hydrogens is 328 g/mol. The number of sulfonamides is 1. The van der Waals surface area contributed by atoms with Crippen molar-refractivity contribution in [2.45, 2.75) is 18.6 Å². The van der Waals surface area contributed by atoms with Gasteiger partial charge in [-0.15, -0.1) is 0 Å². The molecule has 0 saturated carbocycles. The SMILES string of the molecule is O=C(C1CCOCC1)N1CCN(S(=O)(=O)Cc2ccccc2)CC1. The van der Waals surface area contributed by atoms with E-state index in [-0.39, 0.29) is 17.6 Å².